The van der Waals surface area contributed by atoms with Gasteiger partial charge in [-0.1, -0.05) is 29.8 Å². The van der Waals surface area contributed by atoms with Crippen LogP contribution in [0.25, 0.3) is 22.0 Å². The lowest BCUT2D eigenvalue weighted by Crippen LogP contribution is -1.91. The van der Waals surface area contributed by atoms with E-state index < -0.39 is 0 Å². The van der Waals surface area contributed by atoms with Crippen molar-refractivity contribution in [2.75, 3.05) is 5.32 Å². The summed E-state index contributed by atoms with van der Waals surface area (Å²) < 4.78 is 6.04. The first-order valence-corrected chi connectivity index (χ1v) is 7.94. The molecule has 4 aromatic rings. The van der Waals surface area contributed by atoms with Crippen LogP contribution in [0.4, 0.5) is 11.6 Å². The van der Waals surface area contributed by atoms with Crippen LogP contribution in [0, 0.1) is 0 Å². The van der Waals surface area contributed by atoms with E-state index in [0.29, 0.717) is 16.2 Å². The van der Waals surface area contributed by atoms with Crippen molar-refractivity contribution >= 4 is 34.6 Å². The molecule has 0 aliphatic carbocycles. The third-order valence-electron chi connectivity index (χ3n) is 3.15. The van der Waals surface area contributed by atoms with Gasteiger partial charge in [0, 0.05) is 5.69 Å². The number of hydrogen-bond acceptors (Lipinski definition) is 6. The lowest BCUT2D eigenvalue weighted by atomic mass is 10.2. The van der Waals surface area contributed by atoms with Crippen LogP contribution >= 0.6 is 22.9 Å². The summed E-state index contributed by atoms with van der Waals surface area (Å²) in [7, 11) is 0. The lowest BCUT2D eigenvalue weighted by Gasteiger charge is -1.98. The first kappa shape index (κ1) is 14.0. The number of benzene rings is 1. The average Bonchev–Trinajstić information content (AvgIpc) is 3.27. The van der Waals surface area contributed by atoms with Gasteiger partial charge < -0.3 is 9.84 Å². The Kier molecular flexibility index (Phi) is 3.57. The molecule has 0 aliphatic rings. The molecule has 6 nitrogen and oxygen atoms in total. The molecule has 0 saturated carbocycles. The van der Waals surface area contributed by atoms with Crippen LogP contribution in [0.15, 0.2) is 53.2 Å². The number of halogens is 1. The minimum atomic E-state index is 0.386. The van der Waals surface area contributed by atoms with Gasteiger partial charge in [0.25, 0.3) is 11.8 Å². The fourth-order valence-corrected chi connectivity index (χ4v) is 3.17. The first-order chi connectivity index (χ1) is 11.3. The zero-order valence-corrected chi connectivity index (χ0v) is 13.2. The standard InChI is InChI=1S/C15H10ClN5OS/c16-12-7-6-11(23-12)13-10(8-17-20-13)14-19-15(21-22-14)18-9-4-2-1-3-5-9/h1-8H,(H,17,20)(H,18,21). The van der Waals surface area contributed by atoms with E-state index in [4.69, 9.17) is 16.1 Å². The molecule has 0 saturated heterocycles. The predicted molar refractivity (Wildman–Crippen MR) is 89.9 cm³/mol. The van der Waals surface area contributed by atoms with Crippen molar-refractivity contribution < 1.29 is 4.52 Å². The number of thiophene rings is 1. The molecular formula is C15H10ClN5OS. The highest BCUT2D eigenvalue weighted by Gasteiger charge is 2.17. The molecule has 4 rings (SSSR count). The van der Waals surface area contributed by atoms with Gasteiger partial charge in [0.05, 0.1) is 26.7 Å². The average molecular weight is 344 g/mol. The van der Waals surface area contributed by atoms with Crippen LogP contribution in [0.2, 0.25) is 4.34 Å². The summed E-state index contributed by atoms with van der Waals surface area (Å²) in [5.41, 5.74) is 2.42. The Morgan fingerprint density at radius 2 is 2.00 bits per heavy atom. The maximum absolute atomic E-state index is 5.99. The number of aromatic amines is 1. The van der Waals surface area contributed by atoms with E-state index in [1.165, 1.54) is 11.3 Å². The van der Waals surface area contributed by atoms with E-state index in [0.717, 1.165) is 21.8 Å². The minimum absolute atomic E-state index is 0.386. The topological polar surface area (TPSA) is 79.6 Å². The summed E-state index contributed by atoms with van der Waals surface area (Å²) in [5.74, 6) is 0.777. The molecule has 0 spiro atoms. The van der Waals surface area contributed by atoms with Crippen LogP contribution < -0.4 is 5.32 Å². The number of hydrogen-bond donors (Lipinski definition) is 2. The molecule has 1 aromatic carbocycles. The summed E-state index contributed by atoms with van der Waals surface area (Å²) in [6, 6.07) is 13.4. The minimum Gasteiger partial charge on any atom is -0.332 e. The number of para-hydroxylation sites is 1. The predicted octanol–water partition coefficient (Wildman–Crippen LogP) is 4.59. The third kappa shape index (κ3) is 2.84. The fourth-order valence-electron chi connectivity index (χ4n) is 2.12. The fraction of sp³-hybridized carbons (Fsp3) is 0. The highest BCUT2D eigenvalue weighted by atomic mass is 35.5. The van der Waals surface area contributed by atoms with Gasteiger partial charge in [0.15, 0.2) is 0 Å². The van der Waals surface area contributed by atoms with E-state index >= 15 is 0 Å². The second-order valence-corrected chi connectivity index (χ2v) is 6.39. The van der Waals surface area contributed by atoms with Gasteiger partial charge in [-0.2, -0.15) is 10.1 Å². The van der Waals surface area contributed by atoms with Crippen LogP contribution in [0.1, 0.15) is 0 Å². The summed E-state index contributed by atoms with van der Waals surface area (Å²) in [5, 5.41) is 14.0. The van der Waals surface area contributed by atoms with Crippen molar-refractivity contribution in [3.63, 3.8) is 0 Å². The summed E-state index contributed by atoms with van der Waals surface area (Å²) >= 11 is 7.45. The third-order valence-corrected chi connectivity index (χ3v) is 4.39. The quantitative estimate of drug-likeness (QED) is 0.566. The smallest absolute Gasteiger partial charge is 0.268 e. The molecular weight excluding hydrogens is 334 g/mol. The van der Waals surface area contributed by atoms with Gasteiger partial charge in [-0.05, 0) is 29.4 Å². The monoisotopic (exact) mass is 343 g/mol. The second-order valence-electron chi connectivity index (χ2n) is 4.68. The van der Waals surface area contributed by atoms with Crippen LogP contribution in [0.5, 0.6) is 0 Å². The highest BCUT2D eigenvalue weighted by Crippen LogP contribution is 2.35. The number of nitrogens with zero attached hydrogens (tertiary/aromatic N) is 3. The molecule has 0 atom stereocenters. The molecule has 114 valence electrons. The summed E-state index contributed by atoms with van der Waals surface area (Å²) in [6.45, 7) is 0. The van der Waals surface area contributed by atoms with Gasteiger partial charge in [-0.3, -0.25) is 5.10 Å². The van der Waals surface area contributed by atoms with Crippen molar-refractivity contribution in [1.82, 2.24) is 20.3 Å². The summed E-state index contributed by atoms with van der Waals surface area (Å²) in [4.78, 5) is 5.32. The Morgan fingerprint density at radius 1 is 1.13 bits per heavy atom. The van der Waals surface area contributed by atoms with Crippen LogP contribution in [-0.4, -0.2) is 20.3 Å². The van der Waals surface area contributed by atoms with E-state index in [1.807, 2.05) is 42.5 Å². The lowest BCUT2D eigenvalue weighted by molar-refractivity contribution is 0.433. The second kappa shape index (κ2) is 5.86. The van der Waals surface area contributed by atoms with E-state index in [9.17, 15) is 0 Å². The molecule has 0 amide bonds. The van der Waals surface area contributed by atoms with Crippen molar-refractivity contribution in [1.29, 1.82) is 0 Å². The van der Waals surface area contributed by atoms with Crippen LogP contribution in [-0.2, 0) is 0 Å². The Morgan fingerprint density at radius 3 is 2.78 bits per heavy atom. The normalized spacial score (nSPS) is 10.8. The van der Waals surface area contributed by atoms with Gasteiger partial charge in [-0.15, -0.1) is 11.3 Å². The molecule has 0 aliphatic heterocycles. The first-order valence-electron chi connectivity index (χ1n) is 6.75. The van der Waals surface area contributed by atoms with E-state index in [2.05, 4.69) is 25.7 Å². The molecule has 2 N–H and O–H groups in total. The molecule has 23 heavy (non-hydrogen) atoms. The number of nitrogens with one attached hydrogen (secondary N) is 2. The molecule has 0 bridgehead atoms. The van der Waals surface area contributed by atoms with Crippen molar-refractivity contribution in [2.24, 2.45) is 0 Å². The zero-order valence-electron chi connectivity index (χ0n) is 11.7. The van der Waals surface area contributed by atoms with Crippen molar-refractivity contribution in [3.05, 3.63) is 53.0 Å². The molecule has 0 radical (unpaired) electrons. The molecule has 0 fully saturated rings. The summed E-state index contributed by atoms with van der Waals surface area (Å²) in [6.07, 6.45) is 1.66. The van der Waals surface area contributed by atoms with Gasteiger partial charge >= 0.3 is 0 Å². The Hall–Kier alpha value is -2.64. The van der Waals surface area contributed by atoms with Crippen molar-refractivity contribution in [2.45, 2.75) is 0 Å². The maximum atomic E-state index is 5.99. The molecule has 3 heterocycles. The Balaban J connectivity index is 1.64. The Bertz CT molecular complexity index is 930. The molecule has 0 unspecified atom stereocenters. The number of aromatic nitrogens is 4. The van der Waals surface area contributed by atoms with Gasteiger partial charge in [0.2, 0.25) is 0 Å². The van der Waals surface area contributed by atoms with E-state index in [1.54, 1.807) is 6.20 Å². The molecule has 3 aromatic heterocycles. The number of anilines is 2. The van der Waals surface area contributed by atoms with Crippen molar-refractivity contribution in [3.8, 4) is 22.0 Å². The molecule has 8 heteroatoms. The van der Waals surface area contributed by atoms with E-state index in [-0.39, 0.29) is 0 Å². The highest BCUT2D eigenvalue weighted by molar-refractivity contribution is 7.19. The zero-order chi connectivity index (χ0) is 15.6. The van der Waals surface area contributed by atoms with Gasteiger partial charge in [-0.25, -0.2) is 0 Å². The number of H-pyrrole nitrogens is 1. The van der Waals surface area contributed by atoms with Crippen LogP contribution in [0.3, 0.4) is 0 Å². The number of rotatable bonds is 4. The SMILES string of the molecule is Clc1ccc(-c2[nH]ncc2-c2nc(Nc3ccccc3)no2)s1. The largest absolute Gasteiger partial charge is 0.332 e. The van der Waals surface area contributed by atoms with Gasteiger partial charge in [0.1, 0.15) is 0 Å². The maximum Gasteiger partial charge on any atom is 0.268 e. The Labute approximate surface area is 140 Å².